The number of carbonyl (C=O) groups excluding carboxylic acids is 1. The maximum atomic E-state index is 12.0. The number of hydrogen-bond acceptors (Lipinski definition) is 4. The molecular formula is C22H37IN4O3. The first kappa shape index (κ1) is 26.6. The fourth-order valence-corrected chi connectivity index (χ4v) is 3.35. The van der Waals surface area contributed by atoms with Gasteiger partial charge in [0, 0.05) is 52.1 Å². The summed E-state index contributed by atoms with van der Waals surface area (Å²) >= 11 is 0. The molecule has 2 rings (SSSR count). The summed E-state index contributed by atoms with van der Waals surface area (Å²) in [6.45, 7) is 9.36. The van der Waals surface area contributed by atoms with E-state index in [2.05, 4.69) is 22.5 Å². The smallest absolute Gasteiger partial charge is 0.251 e. The number of guanidine groups is 1. The molecule has 7 nitrogen and oxygen atoms in total. The number of hydrogen-bond donors (Lipinski definition) is 2. The molecule has 1 heterocycles. The second-order valence-corrected chi connectivity index (χ2v) is 7.13. The highest BCUT2D eigenvalue weighted by molar-refractivity contribution is 14.0. The van der Waals surface area contributed by atoms with E-state index in [1.807, 2.05) is 31.2 Å². The van der Waals surface area contributed by atoms with Gasteiger partial charge in [-0.05, 0) is 50.8 Å². The van der Waals surface area contributed by atoms with Crippen LogP contribution in [0, 0.1) is 0 Å². The Labute approximate surface area is 198 Å². The van der Waals surface area contributed by atoms with Crippen LogP contribution in [-0.2, 0) is 16.0 Å². The number of amides is 1. The summed E-state index contributed by atoms with van der Waals surface area (Å²) < 4.78 is 11.0. The molecule has 0 unspecified atom stereocenters. The van der Waals surface area contributed by atoms with Crippen molar-refractivity contribution in [3.8, 4) is 0 Å². The summed E-state index contributed by atoms with van der Waals surface area (Å²) in [5.41, 5.74) is 1.71. The molecule has 1 aromatic carbocycles. The summed E-state index contributed by atoms with van der Waals surface area (Å²) in [6, 6.07) is 7.67. The van der Waals surface area contributed by atoms with Gasteiger partial charge in [-0.3, -0.25) is 4.79 Å². The van der Waals surface area contributed by atoms with Gasteiger partial charge in [0.25, 0.3) is 5.91 Å². The van der Waals surface area contributed by atoms with Gasteiger partial charge in [-0.25, -0.2) is 4.99 Å². The van der Waals surface area contributed by atoms with Gasteiger partial charge < -0.3 is 25.0 Å². The predicted octanol–water partition coefficient (Wildman–Crippen LogP) is 3.04. The van der Waals surface area contributed by atoms with Gasteiger partial charge in [0.05, 0.1) is 12.6 Å². The van der Waals surface area contributed by atoms with Crippen molar-refractivity contribution in [1.82, 2.24) is 15.5 Å². The number of methoxy groups -OCH3 is 1. The van der Waals surface area contributed by atoms with Gasteiger partial charge >= 0.3 is 0 Å². The van der Waals surface area contributed by atoms with Gasteiger partial charge in [0.1, 0.15) is 0 Å². The minimum atomic E-state index is -0.0437. The van der Waals surface area contributed by atoms with Gasteiger partial charge in [-0.2, -0.15) is 0 Å². The Morgan fingerprint density at radius 2 is 1.90 bits per heavy atom. The highest BCUT2D eigenvalue weighted by Crippen LogP contribution is 2.15. The predicted molar refractivity (Wildman–Crippen MR) is 132 cm³/mol. The van der Waals surface area contributed by atoms with Crippen LogP contribution in [0.3, 0.4) is 0 Å². The zero-order valence-electron chi connectivity index (χ0n) is 18.5. The summed E-state index contributed by atoms with van der Waals surface area (Å²) in [6.07, 6.45) is 3.27. The Balaban J connectivity index is 0.00000450. The van der Waals surface area contributed by atoms with E-state index in [4.69, 9.17) is 14.5 Å². The molecule has 8 heteroatoms. The summed E-state index contributed by atoms with van der Waals surface area (Å²) in [7, 11) is 1.72. The van der Waals surface area contributed by atoms with Crippen LogP contribution >= 0.6 is 24.0 Å². The number of benzene rings is 1. The van der Waals surface area contributed by atoms with Gasteiger partial charge in [0.15, 0.2) is 5.96 Å². The van der Waals surface area contributed by atoms with E-state index in [-0.39, 0.29) is 29.9 Å². The van der Waals surface area contributed by atoms with E-state index in [9.17, 15) is 4.79 Å². The van der Waals surface area contributed by atoms with Gasteiger partial charge in [0.2, 0.25) is 0 Å². The molecule has 0 saturated carbocycles. The summed E-state index contributed by atoms with van der Waals surface area (Å²) in [4.78, 5) is 19.1. The third-order valence-corrected chi connectivity index (χ3v) is 4.86. The van der Waals surface area contributed by atoms with Crippen LogP contribution in [0.5, 0.6) is 0 Å². The van der Waals surface area contributed by atoms with Crippen molar-refractivity contribution in [2.75, 3.05) is 46.5 Å². The van der Waals surface area contributed by atoms with Crippen LogP contribution in [0.1, 0.15) is 49.0 Å². The van der Waals surface area contributed by atoms with E-state index in [1.165, 1.54) is 0 Å². The number of ether oxygens (including phenoxy) is 2. The molecule has 0 aromatic heterocycles. The average molecular weight is 532 g/mol. The molecule has 1 amide bonds. The number of piperidine rings is 1. The Kier molecular flexibility index (Phi) is 13.7. The highest BCUT2D eigenvalue weighted by atomic mass is 127. The zero-order valence-corrected chi connectivity index (χ0v) is 20.8. The fourth-order valence-electron chi connectivity index (χ4n) is 3.35. The number of nitrogens with one attached hydrogen (secondary N) is 2. The minimum Gasteiger partial charge on any atom is -0.385 e. The van der Waals surface area contributed by atoms with Gasteiger partial charge in [-0.15, -0.1) is 24.0 Å². The number of likely N-dealkylation sites (tertiary alicyclic amines) is 1. The van der Waals surface area contributed by atoms with Crippen LogP contribution in [0.15, 0.2) is 29.3 Å². The van der Waals surface area contributed by atoms with Crippen molar-refractivity contribution in [3.63, 3.8) is 0 Å². The lowest BCUT2D eigenvalue weighted by atomic mass is 10.1. The molecule has 0 aliphatic carbocycles. The lowest BCUT2D eigenvalue weighted by Gasteiger charge is -2.34. The number of rotatable bonds is 10. The first-order chi connectivity index (χ1) is 14.2. The molecule has 30 heavy (non-hydrogen) atoms. The average Bonchev–Trinajstić information content (AvgIpc) is 2.75. The molecule has 170 valence electrons. The molecule has 0 radical (unpaired) electrons. The summed E-state index contributed by atoms with van der Waals surface area (Å²) in [5.74, 6) is 0.881. The molecule has 1 aliphatic heterocycles. The normalized spacial score (nSPS) is 14.9. The fraction of sp³-hybridized carbons (Fsp3) is 0.636. The molecule has 0 atom stereocenters. The molecule has 2 N–H and O–H groups in total. The topological polar surface area (TPSA) is 75.2 Å². The van der Waals surface area contributed by atoms with Crippen molar-refractivity contribution in [2.45, 2.75) is 45.8 Å². The second kappa shape index (κ2) is 15.4. The van der Waals surface area contributed by atoms with E-state index in [0.717, 1.165) is 63.6 Å². The van der Waals surface area contributed by atoms with Crippen molar-refractivity contribution in [3.05, 3.63) is 35.4 Å². The molecule has 0 bridgehead atoms. The van der Waals surface area contributed by atoms with Crippen LogP contribution in [0.4, 0.5) is 0 Å². The number of nitrogens with zero attached hydrogens (tertiary/aromatic N) is 2. The van der Waals surface area contributed by atoms with Crippen LogP contribution < -0.4 is 10.6 Å². The summed E-state index contributed by atoms with van der Waals surface area (Å²) in [5, 5.41) is 6.23. The van der Waals surface area contributed by atoms with E-state index < -0.39 is 0 Å². The standard InChI is InChI=1S/C22H36N4O3.HI/c1-4-23-21(27)19-9-6-8-18(16-19)17-25-22(24-5-2)26-12-10-20(11-13-26)29-15-7-14-28-3;/h6,8-9,16,20H,4-5,7,10-15,17H2,1-3H3,(H,23,27)(H,24,25);1H. The van der Waals surface area contributed by atoms with E-state index in [0.29, 0.717) is 24.8 Å². The molecular weight excluding hydrogens is 495 g/mol. The second-order valence-electron chi connectivity index (χ2n) is 7.13. The largest absolute Gasteiger partial charge is 0.385 e. The van der Waals surface area contributed by atoms with Crippen molar-refractivity contribution >= 4 is 35.8 Å². The Hall–Kier alpha value is -1.39. The molecule has 1 saturated heterocycles. The first-order valence-electron chi connectivity index (χ1n) is 10.7. The first-order valence-corrected chi connectivity index (χ1v) is 10.7. The van der Waals surface area contributed by atoms with E-state index >= 15 is 0 Å². The van der Waals surface area contributed by atoms with Crippen molar-refractivity contribution < 1.29 is 14.3 Å². The van der Waals surface area contributed by atoms with Crippen molar-refractivity contribution in [1.29, 1.82) is 0 Å². The molecule has 1 fully saturated rings. The third-order valence-electron chi connectivity index (χ3n) is 4.86. The van der Waals surface area contributed by atoms with Crippen molar-refractivity contribution in [2.24, 2.45) is 4.99 Å². The zero-order chi connectivity index (χ0) is 20.9. The van der Waals surface area contributed by atoms with Gasteiger partial charge in [-0.1, -0.05) is 12.1 Å². The third kappa shape index (κ3) is 9.18. The monoisotopic (exact) mass is 532 g/mol. The van der Waals surface area contributed by atoms with Crippen LogP contribution in [-0.4, -0.2) is 69.4 Å². The lowest BCUT2D eigenvalue weighted by Crippen LogP contribution is -2.47. The molecule has 0 spiro atoms. The highest BCUT2D eigenvalue weighted by Gasteiger charge is 2.21. The van der Waals surface area contributed by atoms with E-state index in [1.54, 1.807) is 7.11 Å². The number of halogens is 1. The van der Waals surface area contributed by atoms with Crippen LogP contribution in [0.2, 0.25) is 0 Å². The van der Waals surface area contributed by atoms with Crippen LogP contribution in [0.25, 0.3) is 0 Å². The maximum Gasteiger partial charge on any atom is 0.251 e. The molecule has 1 aliphatic rings. The Bertz CT molecular complexity index is 649. The minimum absolute atomic E-state index is 0. The molecule has 1 aromatic rings. The maximum absolute atomic E-state index is 12.0. The number of carbonyl (C=O) groups is 1. The lowest BCUT2D eigenvalue weighted by molar-refractivity contribution is 0.00990. The Morgan fingerprint density at radius 1 is 1.17 bits per heavy atom. The Morgan fingerprint density at radius 3 is 2.57 bits per heavy atom. The number of aliphatic imine (C=N–C) groups is 1. The SMILES string of the molecule is CCNC(=O)c1cccc(CN=C(NCC)N2CCC(OCCCOC)CC2)c1.I. The quantitative estimate of drug-likeness (QED) is 0.210.